The molecule has 0 saturated carbocycles. The Labute approximate surface area is 177 Å². The predicted molar refractivity (Wildman–Crippen MR) is 114 cm³/mol. The molecule has 0 spiro atoms. The SMILES string of the molecule is COC(=O)c1cccc(CSc2nnc(-c3ccccc3F)n2-c2ccccc2)c1. The lowest BCUT2D eigenvalue weighted by atomic mass is 10.1. The van der Waals surface area contributed by atoms with Gasteiger partial charge in [0.15, 0.2) is 11.0 Å². The minimum atomic E-state index is -0.379. The van der Waals surface area contributed by atoms with Crippen molar-refractivity contribution in [3.05, 3.63) is 95.8 Å². The number of ether oxygens (including phenoxy) is 1. The molecule has 5 nitrogen and oxygen atoms in total. The molecule has 0 saturated heterocycles. The van der Waals surface area contributed by atoms with Crippen LogP contribution < -0.4 is 0 Å². The molecule has 7 heteroatoms. The average molecular weight is 419 g/mol. The van der Waals surface area contributed by atoms with Crippen LogP contribution in [-0.2, 0) is 10.5 Å². The van der Waals surface area contributed by atoms with E-state index >= 15 is 0 Å². The topological polar surface area (TPSA) is 57.0 Å². The number of rotatable bonds is 6. The second kappa shape index (κ2) is 8.92. The smallest absolute Gasteiger partial charge is 0.337 e. The van der Waals surface area contributed by atoms with Crippen LogP contribution in [0.3, 0.4) is 0 Å². The standard InChI is InChI=1S/C23H18FN3O2S/c1-29-22(28)17-9-7-8-16(14-17)15-30-23-26-25-21(19-12-5-6-13-20(19)24)27(23)18-10-3-2-4-11-18/h2-14H,15H2,1H3. The zero-order chi connectivity index (χ0) is 20.9. The molecule has 0 aliphatic rings. The third-order valence-electron chi connectivity index (χ3n) is 4.48. The van der Waals surface area contributed by atoms with Crippen LogP contribution in [0.1, 0.15) is 15.9 Å². The maximum atomic E-state index is 14.5. The van der Waals surface area contributed by atoms with E-state index in [0.29, 0.717) is 27.9 Å². The molecule has 30 heavy (non-hydrogen) atoms. The number of carbonyl (C=O) groups is 1. The monoisotopic (exact) mass is 419 g/mol. The van der Waals surface area contributed by atoms with Gasteiger partial charge >= 0.3 is 5.97 Å². The highest BCUT2D eigenvalue weighted by atomic mass is 32.2. The van der Waals surface area contributed by atoms with E-state index < -0.39 is 0 Å². The summed E-state index contributed by atoms with van der Waals surface area (Å²) in [5, 5.41) is 9.22. The van der Waals surface area contributed by atoms with Crippen LogP contribution in [0.4, 0.5) is 4.39 Å². The summed E-state index contributed by atoms with van der Waals surface area (Å²) in [5.41, 5.74) is 2.66. The molecule has 0 unspecified atom stereocenters. The lowest BCUT2D eigenvalue weighted by Gasteiger charge is -2.11. The number of hydrogen-bond acceptors (Lipinski definition) is 5. The molecule has 4 rings (SSSR count). The van der Waals surface area contributed by atoms with Crippen molar-refractivity contribution in [2.24, 2.45) is 0 Å². The highest BCUT2D eigenvalue weighted by Gasteiger charge is 2.18. The number of thioether (sulfide) groups is 1. The zero-order valence-corrected chi connectivity index (χ0v) is 17.0. The predicted octanol–water partition coefficient (Wildman–Crippen LogP) is 5.15. The second-order valence-electron chi connectivity index (χ2n) is 6.44. The van der Waals surface area contributed by atoms with Crippen molar-refractivity contribution in [2.45, 2.75) is 10.9 Å². The first-order chi connectivity index (χ1) is 14.7. The first-order valence-electron chi connectivity index (χ1n) is 9.23. The average Bonchev–Trinajstić information content (AvgIpc) is 3.22. The van der Waals surface area contributed by atoms with Crippen LogP contribution in [0.5, 0.6) is 0 Å². The highest BCUT2D eigenvalue weighted by molar-refractivity contribution is 7.98. The number of hydrogen-bond donors (Lipinski definition) is 0. The number of halogens is 1. The molecule has 0 aliphatic carbocycles. The maximum absolute atomic E-state index is 14.5. The van der Waals surface area contributed by atoms with Crippen molar-refractivity contribution in [2.75, 3.05) is 7.11 Å². The van der Waals surface area contributed by atoms with E-state index in [-0.39, 0.29) is 11.8 Å². The summed E-state index contributed by atoms with van der Waals surface area (Å²) in [5.74, 6) is 0.262. The largest absolute Gasteiger partial charge is 0.465 e. The minimum absolute atomic E-state index is 0.357. The van der Waals surface area contributed by atoms with Crippen LogP contribution in [0.15, 0.2) is 84.0 Å². The van der Waals surface area contributed by atoms with E-state index in [2.05, 4.69) is 10.2 Å². The van der Waals surface area contributed by atoms with E-state index in [9.17, 15) is 9.18 Å². The molecular formula is C23H18FN3O2S. The molecule has 150 valence electrons. The number of carbonyl (C=O) groups excluding carboxylic acids is 1. The molecule has 0 amide bonds. The maximum Gasteiger partial charge on any atom is 0.337 e. The Morgan fingerprint density at radius 3 is 2.53 bits per heavy atom. The number of benzene rings is 3. The van der Waals surface area contributed by atoms with Gasteiger partial charge in [-0.15, -0.1) is 10.2 Å². The molecule has 0 radical (unpaired) electrons. The van der Waals surface area contributed by atoms with Crippen LogP contribution in [0.25, 0.3) is 17.1 Å². The third-order valence-corrected chi connectivity index (χ3v) is 5.48. The van der Waals surface area contributed by atoms with Crippen molar-refractivity contribution in [3.8, 4) is 17.1 Å². The summed E-state index contributed by atoms with van der Waals surface area (Å²) < 4.78 is 21.1. The first kappa shape index (κ1) is 19.8. The van der Waals surface area contributed by atoms with Gasteiger partial charge in [-0.05, 0) is 42.0 Å². The fraction of sp³-hybridized carbons (Fsp3) is 0.0870. The summed E-state index contributed by atoms with van der Waals surface area (Å²) in [6, 6.07) is 23.4. The lowest BCUT2D eigenvalue weighted by molar-refractivity contribution is 0.0600. The molecule has 1 heterocycles. The van der Waals surface area contributed by atoms with E-state index in [1.165, 1.54) is 24.9 Å². The molecule has 4 aromatic rings. The van der Waals surface area contributed by atoms with Crippen molar-refractivity contribution in [3.63, 3.8) is 0 Å². The Bertz CT molecular complexity index is 1180. The van der Waals surface area contributed by atoms with E-state index in [1.54, 1.807) is 30.3 Å². The Kier molecular flexibility index (Phi) is 5.90. The molecular weight excluding hydrogens is 401 g/mol. The Morgan fingerprint density at radius 1 is 1.00 bits per heavy atom. The minimum Gasteiger partial charge on any atom is -0.465 e. The fourth-order valence-electron chi connectivity index (χ4n) is 3.04. The summed E-state index contributed by atoms with van der Waals surface area (Å²) >= 11 is 1.46. The number of aromatic nitrogens is 3. The quantitative estimate of drug-likeness (QED) is 0.319. The van der Waals surface area contributed by atoms with Gasteiger partial charge in [-0.25, -0.2) is 9.18 Å². The van der Waals surface area contributed by atoms with Crippen LogP contribution in [-0.4, -0.2) is 27.8 Å². The number of para-hydroxylation sites is 1. The van der Waals surface area contributed by atoms with Crippen molar-refractivity contribution in [1.29, 1.82) is 0 Å². The van der Waals surface area contributed by atoms with Crippen molar-refractivity contribution >= 4 is 17.7 Å². The van der Waals surface area contributed by atoms with Crippen LogP contribution in [0, 0.1) is 5.82 Å². The normalized spacial score (nSPS) is 10.7. The van der Waals surface area contributed by atoms with Gasteiger partial charge in [-0.1, -0.05) is 54.2 Å². The van der Waals surface area contributed by atoms with Crippen molar-refractivity contribution < 1.29 is 13.9 Å². The second-order valence-corrected chi connectivity index (χ2v) is 7.38. The Hall–Kier alpha value is -3.45. The molecule has 0 N–H and O–H groups in total. The van der Waals surface area contributed by atoms with Gasteiger partial charge in [0.1, 0.15) is 5.82 Å². The Morgan fingerprint density at radius 2 is 1.77 bits per heavy atom. The molecule has 0 atom stereocenters. The fourth-order valence-corrected chi connectivity index (χ4v) is 3.94. The Balaban J connectivity index is 1.69. The van der Waals surface area contributed by atoms with Gasteiger partial charge in [0.05, 0.1) is 18.2 Å². The van der Waals surface area contributed by atoms with Gasteiger partial charge in [0.2, 0.25) is 0 Å². The molecule has 0 bridgehead atoms. The van der Waals surface area contributed by atoms with Crippen molar-refractivity contribution in [1.82, 2.24) is 14.8 Å². The highest BCUT2D eigenvalue weighted by Crippen LogP contribution is 2.31. The van der Waals surface area contributed by atoms with E-state index in [4.69, 9.17) is 4.74 Å². The van der Waals surface area contributed by atoms with Gasteiger partial charge in [0.25, 0.3) is 0 Å². The van der Waals surface area contributed by atoms with E-state index in [0.717, 1.165) is 11.3 Å². The number of esters is 1. The third kappa shape index (κ3) is 4.11. The lowest BCUT2D eigenvalue weighted by Crippen LogP contribution is -2.02. The van der Waals surface area contributed by atoms with Crippen LogP contribution in [0.2, 0.25) is 0 Å². The molecule has 3 aromatic carbocycles. The van der Waals surface area contributed by atoms with Gasteiger partial charge < -0.3 is 4.74 Å². The van der Waals surface area contributed by atoms with E-state index in [1.807, 2.05) is 47.0 Å². The van der Waals surface area contributed by atoms with Gasteiger partial charge in [0, 0.05) is 11.4 Å². The molecule has 0 fully saturated rings. The molecule has 1 aromatic heterocycles. The zero-order valence-electron chi connectivity index (χ0n) is 16.2. The number of nitrogens with zero attached hydrogens (tertiary/aromatic N) is 3. The van der Waals surface area contributed by atoms with Crippen LogP contribution >= 0.6 is 11.8 Å². The summed E-state index contributed by atoms with van der Waals surface area (Å²) in [6.45, 7) is 0. The first-order valence-corrected chi connectivity index (χ1v) is 10.2. The number of methoxy groups -OCH3 is 1. The summed E-state index contributed by atoms with van der Waals surface area (Å²) in [4.78, 5) is 11.8. The van der Waals surface area contributed by atoms with Gasteiger partial charge in [-0.2, -0.15) is 0 Å². The summed E-state index contributed by atoms with van der Waals surface area (Å²) in [7, 11) is 1.36. The molecule has 0 aliphatic heterocycles. The van der Waals surface area contributed by atoms with Gasteiger partial charge in [-0.3, -0.25) is 4.57 Å². The summed E-state index contributed by atoms with van der Waals surface area (Å²) in [6.07, 6.45) is 0.